The number of ether oxygens (including phenoxy) is 1. The third-order valence-electron chi connectivity index (χ3n) is 1.73. The molecular formula is C11H10NO4-. The van der Waals surface area contributed by atoms with E-state index in [0.717, 1.165) is 6.08 Å². The maximum absolute atomic E-state index is 11.2. The summed E-state index contributed by atoms with van der Waals surface area (Å²) < 4.78 is 4.94. The molecule has 0 aromatic heterocycles. The molecule has 1 aromatic rings. The fraction of sp³-hybridized carbons (Fsp3) is 0.0909. The third-order valence-corrected chi connectivity index (χ3v) is 1.73. The van der Waals surface area contributed by atoms with Crippen molar-refractivity contribution in [3.63, 3.8) is 0 Å². The number of hydrogen-bond donors (Lipinski definition) is 1. The highest BCUT2D eigenvalue weighted by atomic mass is 16.5. The Morgan fingerprint density at radius 2 is 1.88 bits per heavy atom. The molecule has 1 amide bonds. The van der Waals surface area contributed by atoms with Crippen LogP contribution in [0.25, 0.3) is 0 Å². The summed E-state index contributed by atoms with van der Waals surface area (Å²) in [6.07, 6.45) is 1.55. The second-order valence-electron chi connectivity index (χ2n) is 2.87. The number of rotatable bonds is 4. The van der Waals surface area contributed by atoms with Gasteiger partial charge in [0.2, 0.25) is 5.91 Å². The largest absolute Gasteiger partial charge is 0.545 e. The normalized spacial score (nSPS) is 10.1. The van der Waals surface area contributed by atoms with E-state index in [4.69, 9.17) is 4.74 Å². The molecule has 5 nitrogen and oxygen atoms in total. The molecule has 0 heterocycles. The summed E-state index contributed by atoms with van der Waals surface area (Å²) in [4.78, 5) is 21.2. The van der Waals surface area contributed by atoms with Crippen molar-refractivity contribution in [3.8, 4) is 5.75 Å². The fourth-order valence-electron chi connectivity index (χ4n) is 1.00. The van der Waals surface area contributed by atoms with Crippen LogP contribution in [0.15, 0.2) is 36.4 Å². The summed E-state index contributed by atoms with van der Waals surface area (Å²) in [6, 6.07) is 6.64. The highest BCUT2D eigenvalue weighted by Crippen LogP contribution is 2.14. The van der Waals surface area contributed by atoms with Crippen molar-refractivity contribution < 1.29 is 19.4 Å². The van der Waals surface area contributed by atoms with E-state index in [1.807, 2.05) is 0 Å². The van der Waals surface area contributed by atoms with Crippen molar-refractivity contribution in [1.82, 2.24) is 0 Å². The SMILES string of the molecule is COc1ccc(NC(=O)/C=C\C(=O)[O-])cc1. The molecule has 0 bridgehead atoms. The zero-order chi connectivity index (χ0) is 12.0. The van der Waals surface area contributed by atoms with E-state index >= 15 is 0 Å². The lowest BCUT2D eigenvalue weighted by Crippen LogP contribution is -2.20. The maximum Gasteiger partial charge on any atom is 0.248 e. The Morgan fingerprint density at radius 3 is 2.38 bits per heavy atom. The maximum atomic E-state index is 11.2. The van der Waals surface area contributed by atoms with Crippen molar-refractivity contribution in [1.29, 1.82) is 0 Å². The van der Waals surface area contributed by atoms with Gasteiger partial charge in [0.05, 0.1) is 13.1 Å². The van der Waals surface area contributed by atoms with E-state index < -0.39 is 11.9 Å². The van der Waals surface area contributed by atoms with Crippen molar-refractivity contribution >= 4 is 17.6 Å². The Hall–Kier alpha value is -2.30. The van der Waals surface area contributed by atoms with Crippen molar-refractivity contribution in [3.05, 3.63) is 36.4 Å². The van der Waals surface area contributed by atoms with Crippen LogP contribution in [0.3, 0.4) is 0 Å². The topological polar surface area (TPSA) is 78.5 Å². The van der Waals surface area contributed by atoms with Gasteiger partial charge in [-0.15, -0.1) is 0 Å². The summed E-state index contributed by atoms with van der Waals surface area (Å²) in [6.45, 7) is 0. The molecule has 1 N–H and O–H groups in total. The number of methoxy groups -OCH3 is 1. The Bertz CT molecular complexity index is 408. The molecule has 1 aromatic carbocycles. The number of benzene rings is 1. The van der Waals surface area contributed by atoms with Gasteiger partial charge in [-0.1, -0.05) is 0 Å². The van der Waals surface area contributed by atoms with Crippen LogP contribution >= 0.6 is 0 Å². The number of carbonyl (C=O) groups is 2. The van der Waals surface area contributed by atoms with Gasteiger partial charge in [0.15, 0.2) is 0 Å². The first-order valence-electron chi connectivity index (χ1n) is 4.46. The number of carbonyl (C=O) groups excluding carboxylic acids is 2. The molecule has 0 aliphatic heterocycles. The van der Waals surface area contributed by atoms with Crippen LogP contribution in [0, 0.1) is 0 Å². The standard InChI is InChI=1S/C11H11NO4/c1-16-9-4-2-8(3-5-9)12-10(13)6-7-11(14)15/h2-7H,1H3,(H,12,13)(H,14,15)/p-1/b7-6-. The lowest BCUT2D eigenvalue weighted by Gasteiger charge is -2.03. The lowest BCUT2D eigenvalue weighted by atomic mass is 10.3. The van der Waals surface area contributed by atoms with Crippen LogP contribution < -0.4 is 15.2 Å². The zero-order valence-electron chi connectivity index (χ0n) is 8.60. The average molecular weight is 220 g/mol. The summed E-state index contributed by atoms with van der Waals surface area (Å²) >= 11 is 0. The van der Waals surface area contributed by atoms with E-state index in [-0.39, 0.29) is 0 Å². The number of anilines is 1. The first-order valence-corrected chi connectivity index (χ1v) is 4.46. The minimum Gasteiger partial charge on any atom is -0.545 e. The molecule has 1 rings (SSSR count). The molecule has 0 spiro atoms. The second-order valence-corrected chi connectivity index (χ2v) is 2.87. The molecule has 0 saturated carbocycles. The summed E-state index contributed by atoms with van der Waals surface area (Å²) in [5.74, 6) is -1.28. The van der Waals surface area contributed by atoms with E-state index in [0.29, 0.717) is 17.5 Å². The molecular weight excluding hydrogens is 210 g/mol. The van der Waals surface area contributed by atoms with Gasteiger partial charge in [0.1, 0.15) is 5.75 Å². The molecule has 0 aliphatic rings. The first kappa shape index (κ1) is 11.8. The van der Waals surface area contributed by atoms with E-state index in [1.54, 1.807) is 24.3 Å². The molecule has 84 valence electrons. The molecule has 0 unspecified atom stereocenters. The van der Waals surface area contributed by atoms with E-state index in [2.05, 4.69) is 5.32 Å². The Labute approximate surface area is 92.3 Å². The van der Waals surface area contributed by atoms with Crippen molar-refractivity contribution in [2.45, 2.75) is 0 Å². The predicted octanol–water partition coefficient (Wildman–Crippen LogP) is -0.0602. The Kier molecular flexibility index (Phi) is 4.08. The van der Waals surface area contributed by atoms with Gasteiger partial charge in [-0.05, 0) is 30.3 Å². The van der Waals surface area contributed by atoms with Crippen molar-refractivity contribution in [2.24, 2.45) is 0 Å². The molecule has 0 atom stereocenters. The van der Waals surface area contributed by atoms with Crippen LogP contribution in [0.1, 0.15) is 0 Å². The molecule has 0 fully saturated rings. The van der Waals surface area contributed by atoms with Crippen molar-refractivity contribution in [2.75, 3.05) is 12.4 Å². The lowest BCUT2D eigenvalue weighted by molar-refractivity contribution is -0.297. The first-order chi connectivity index (χ1) is 7.61. The number of aliphatic carboxylic acids is 1. The monoisotopic (exact) mass is 220 g/mol. The summed E-state index contributed by atoms with van der Waals surface area (Å²) in [7, 11) is 1.54. The molecule has 0 saturated heterocycles. The van der Waals surface area contributed by atoms with Gasteiger partial charge >= 0.3 is 0 Å². The van der Waals surface area contributed by atoms with Crippen LogP contribution in [0.4, 0.5) is 5.69 Å². The Balaban J connectivity index is 2.59. The highest BCUT2D eigenvalue weighted by Gasteiger charge is 1.97. The molecule has 0 aliphatic carbocycles. The number of carboxylic acid groups (broad SMARTS) is 1. The number of amides is 1. The van der Waals surface area contributed by atoms with Gasteiger partial charge in [-0.2, -0.15) is 0 Å². The minimum atomic E-state index is -1.41. The number of hydrogen-bond acceptors (Lipinski definition) is 4. The van der Waals surface area contributed by atoms with E-state index in [9.17, 15) is 14.7 Å². The summed E-state index contributed by atoms with van der Waals surface area (Å²) in [5.41, 5.74) is 0.550. The Morgan fingerprint density at radius 1 is 1.25 bits per heavy atom. The average Bonchev–Trinajstić information content (AvgIpc) is 2.27. The molecule has 16 heavy (non-hydrogen) atoms. The van der Waals surface area contributed by atoms with Crippen LogP contribution in [-0.4, -0.2) is 19.0 Å². The van der Waals surface area contributed by atoms with Gasteiger partial charge in [-0.3, -0.25) is 4.79 Å². The minimum absolute atomic E-state index is 0.533. The zero-order valence-corrected chi connectivity index (χ0v) is 8.60. The van der Waals surface area contributed by atoms with E-state index in [1.165, 1.54) is 7.11 Å². The highest BCUT2D eigenvalue weighted by molar-refractivity contribution is 6.02. The summed E-state index contributed by atoms with van der Waals surface area (Å²) in [5, 5.41) is 12.5. The molecule has 0 radical (unpaired) electrons. The van der Waals surface area contributed by atoms with Crippen LogP contribution in [0.5, 0.6) is 5.75 Å². The predicted molar refractivity (Wildman–Crippen MR) is 55.8 cm³/mol. The van der Waals surface area contributed by atoms with Gasteiger partial charge in [-0.25, -0.2) is 0 Å². The smallest absolute Gasteiger partial charge is 0.248 e. The second kappa shape index (κ2) is 5.55. The number of carboxylic acids is 1. The number of nitrogens with one attached hydrogen (secondary N) is 1. The van der Waals surface area contributed by atoms with Gasteiger partial charge in [0, 0.05) is 11.8 Å². The fourth-order valence-corrected chi connectivity index (χ4v) is 1.00. The van der Waals surface area contributed by atoms with Gasteiger partial charge < -0.3 is 20.0 Å². The van der Waals surface area contributed by atoms with Crippen LogP contribution in [-0.2, 0) is 9.59 Å². The molecule has 5 heteroatoms. The van der Waals surface area contributed by atoms with Crippen LogP contribution in [0.2, 0.25) is 0 Å². The third kappa shape index (κ3) is 3.83. The van der Waals surface area contributed by atoms with Gasteiger partial charge in [0.25, 0.3) is 0 Å². The quantitative estimate of drug-likeness (QED) is 0.721.